The lowest BCUT2D eigenvalue weighted by molar-refractivity contribution is 0.375. The Labute approximate surface area is 111 Å². The largest absolute Gasteiger partial charge is 0.316 e. The molecule has 1 unspecified atom stereocenters. The van der Waals surface area contributed by atoms with Crippen LogP contribution in [0.4, 0.5) is 8.78 Å². The zero-order chi connectivity index (χ0) is 13.9. The molecule has 1 heterocycles. The Morgan fingerprint density at radius 1 is 1.32 bits per heavy atom. The molecule has 0 amide bonds. The second-order valence-electron chi connectivity index (χ2n) is 4.62. The SMILES string of the molecule is O=S(=O)(NCC1CCCNC1)c1c(F)cccc1F. The maximum absolute atomic E-state index is 13.4. The molecule has 0 bridgehead atoms. The maximum atomic E-state index is 13.4. The first-order valence-electron chi connectivity index (χ1n) is 6.15. The quantitative estimate of drug-likeness (QED) is 0.877. The normalized spacial score (nSPS) is 20.4. The Balaban J connectivity index is 2.09. The first kappa shape index (κ1) is 14.4. The fourth-order valence-electron chi connectivity index (χ4n) is 2.14. The molecule has 7 heteroatoms. The monoisotopic (exact) mass is 290 g/mol. The van der Waals surface area contributed by atoms with E-state index in [0.29, 0.717) is 6.54 Å². The molecule has 0 aromatic heterocycles. The number of nitrogens with one attached hydrogen (secondary N) is 2. The highest BCUT2D eigenvalue weighted by Crippen LogP contribution is 2.18. The molecule has 2 N–H and O–H groups in total. The van der Waals surface area contributed by atoms with Crippen LogP contribution in [0.2, 0.25) is 0 Å². The Morgan fingerprint density at radius 3 is 2.58 bits per heavy atom. The number of halogens is 2. The van der Waals surface area contributed by atoms with Gasteiger partial charge in [0.1, 0.15) is 11.6 Å². The summed E-state index contributed by atoms with van der Waals surface area (Å²) in [5.41, 5.74) is 0. The summed E-state index contributed by atoms with van der Waals surface area (Å²) < 4.78 is 53.0. The van der Waals surface area contributed by atoms with Crippen LogP contribution >= 0.6 is 0 Å². The van der Waals surface area contributed by atoms with Gasteiger partial charge in [-0.25, -0.2) is 21.9 Å². The second kappa shape index (κ2) is 5.94. The van der Waals surface area contributed by atoms with Gasteiger partial charge < -0.3 is 5.32 Å². The number of hydrogen-bond donors (Lipinski definition) is 2. The lowest BCUT2D eigenvalue weighted by Crippen LogP contribution is -2.38. The van der Waals surface area contributed by atoms with Gasteiger partial charge in [0.05, 0.1) is 0 Å². The molecule has 1 aliphatic rings. The summed E-state index contributed by atoms with van der Waals surface area (Å²) in [6, 6.07) is 2.99. The lowest BCUT2D eigenvalue weighted by atomic mass is 10.0. The fraction of sp³-hybridized carbons (Fsp3) is 0.500. The molecule has 19 heavy (non-hydrogen) atoms. The van der Waals surface area contributed by atoms with E-state index in [4.69, 9.17) is 0 Å². The molecule has 0 spiro atoms. The van der Waals surface area contributed by atoms with Gasteiger partial charge in [-0.3, -0.25) is 0 Å². The van der Waals surface area contributed by atoms with Gasteiger partial charge in [0.2, 0.25) is 10.0 Å². The van der Waals surface area contributed by atoms with Gasteiger partial charge in [-0.15, -0.1) is 0 Å². The van der Waals surface area contributed by atoms with Crippen molar-refractivity contribution in [1.29, 1.82) is 0 Å². The Kier molecular flexibility index (Phi) is 4.49. The van der Waals surface area contributed by atoms with Crippen LogP contribution in [0.25, 0.3) is 0 Å². The molecule has 4 nitrogen and oxygen atoms in total. The second-order valence-corrected chi connectivity index (χ2v) is 6.32. The van der Waals surface area contributed by atoms with Crippen molar-refractivity contribution < 1.29 is 17.2 Å². The van der Waals surface area contributed by atoms with Crippen molar-refractivity contribution in [2.24, 2.45) is 5.92 Å². The maximum Gasteiger partial charge on any atom is 0.246 e. The Bertz CT molecular complexity index is 522. The van der Waals surface area contributed by atoms with Gasteiger partial charge in [-0.05, 0) is 44.0 Å². The van der Waals surface area contributed by atoms with E-state index in [0.717, 1.165) is 37.6 Å². The number of piperidine rings is 1. The highest BCUT2D eigenvalue weighted by molar-refractivity contribution is 7.89. The minimum absolute atomic E-state index is 0.151. The summed E-state index contributed by atoms with van der Waals surface area (Å²) >= 11 is 0. The molecule has 1 fully saturated rings. The van der Waals surface area contributed by atoms with E-state index in [9.17, 15) is 17.2 Å². The standard InChI is InChI=1S/C12H16F2N2O2S/c13-10-4-1-5-11(14)12(10)19(17,18)16-8-9-3-2-6-15-7-9/h1,4-5,9,15-16H,2-3,6-8H2. The first-order chi connectivity index (χ1) is 9.00. The van der Waals surface area contributed by atoms with Crippen molar-refractivity contribution in [3.8, 4) is 0 Å². The number of rotatable bonds is 4. The van der Waals surface area contributed by atoms with Crippen molar-refractivity contribution in [2.45, 2.75) is 17.7 Å². The smallest absolute Gasteiger partial charge is 0.246 e. The molecule has 0 radical (unpaired) electrons. The van der Waals surface area contributed by atoms with Crippen LogP contribution in [0.1, 0.15) is 12.8 Å². The first-order valence-corrected chi connectivity index (χ1v) is 7.63. The van der Waals surface area contributed by atoms with Crippen molar-refractivity contribution >= 4 is 10.0 Å². The van der Waals surface area contributed by atoms with Gasteiger partial charge in [0, 0.05) is 6.54 Å². The molecule has 0 aliphatic carbocycles. The average Bonchev–Trinajstić information content (AvgIpc) is 2.37. The third-order valence-corrected chi connectivity index (χ3v) is 4.62. The summed E-state index contributed by atoms with van der Waals surface area (Å²) in [4.78, 5) is -0.904. The summed E-state index contributed by atoms with van der Waals surface area (Å²) in [5, 5.41) is 3.15. The molecule has 0 saturated carbocycles. The number of benzene rings is 1. The van der Waals surface area contributed by atoms with E-state index < -0.39 is 26.6 Å². The van der Waals surface area contributed by atoms with E-state index in [1.807, 2.05) is 0 Å². The summed E-state index contributed by atoms with van der Waals surface area (Å²) in [5.74, 6) is -2.00. The van der Waals surface area contributed by atoms with Crippen LogP contribution < -0.4 is 10.0 Å². The highest BCUT2D eigenvalue weighted by Gasteiger charge is 2.25. The minimum Gasteiger partial charge on any atom is -0.316 e. The molecular formula is C12H16F2N2O2S. The molecule has 1 aliphatic heterocycles. The van der Waals surface area contributed by atoms with Crippen molar-refractivity contribution in [3.05, 3.63) is 29.8 Å². The van der Waals surface area contributed by atoms with Crippen LogP contribution in [0, 0.1) is 17.6 Å². The number of hydrogen-bond acceptors (Lipinski definition) is 3. The summed E-state index contributed by atoms with van der Waals surface area (Å²) in [6.45, 7) is 1.82. The van der Waals surface area contributed by atoms with Crippen LogP contribution in [0.5, 0.6) is 0 Å². The Morgan fingerprint density at radius 2 is 2.00 bits per heavy atom. The van der Waals surface area contributed by atoms with Crippen molar-refractivity contribution in [2.75, 3.05) is 19.6 Å². The molecule has 1 atom stereocenters. The highest BCUT2D eigenvalue weighted by atomic mass is 32.2. The van der Waals surface area contributed by atoms with Crippen molar-refractivity contribution in [1.82, 2.24) is 10.0 Å². The van der Waals surface area contributed by atoms with Gasteiger partial charge in [-0.1, -0.05) is 6.07 Å². The molecule has 106 valence electrons. The van der Waals surface area contributed by atoms with E-state index >= 15 is 0 Å². The Hall–Kier alpha value is -1.05. The van der Waals surface area contributed by atoms with E-state index in [2.05, 4.69) is 10.0 Å². The van der Waals surface area contributed by atoms with E-state index in [-0.39, 0.29) is 12.5 Å². The van der Waals surface area contributed by atoms with Crippen LogP contribution in [-0.4, -0.2) is 28.1 Å². The van der Waals surface area contributed by atoms with Gasteiger partial charge >= 0.3 is 0 Å². The zero-order valence-electron chi connectivity index (χ0n) is 10.3. The van der Waals surface area contributed by atoms with Crippen LogP contribution in [0.3, 0.4) is 0 Å². The zero-order valence-corrected chi connectivity index (χ0v) is 11.1. The molecule has 1 aromatic rings. The summed E-state index contributed by atoms with van der Waals surface area (Å²) in [6.07, 6.45) is 1.87. The average molecular weight is 290 g/mol. The van der Waals surface area contributed by atoms with Gasteiger partial charge in [-0.2, -0.15) is 0 Å². The fourth-order valence-corrected chi connectivity index (χ4v) is 3.39. The molecule has 2 rings (SSSR count). The summed E-state index contributed by atoms with van der Waals surface area (Å²) in [7, 11) is -4.15. The topological polar surface area (TPSA) is 58.2 Å². The van der Waals surface area contributed by atoms with E-state index in [1.54, 1.807) is 0 Å². The van der Waals surface area contributed by atoms with Gasteiger partial charge in [0.25, 0.3) is 0 Å². The third kappa shape index (κ3) is 3.49. The lowest BCUT2D eigenvalue weighted by Gasteiger charge is -2.22. The van der Waals surface area contributed by atoms with E-state index in [1.165, 1.54) is 0 Å². The molecule has 1 saturated heterocycles. The minimum atomic E-state index is -4.15. The predicted molar refractivity (Wildman–Crippen MR) is 67.1 cm³/mol. The predicted octanol–water partition coefficient (Wildman–Crippen LogP) is 1.24. The van der Waals surface area contributed by atoms with Crippen LogP contribution in [-0.2, 0) is 10.0 Å². The molecular weight excluding hydrogens is 274 g/mol. The van der Waals surface area contributed by atoms with Crippen molar-refractivity contribution in [3.63, 3.8) is 0 Å². The van der Waals surface area contributed by atoms with Gasteiger partial charge in [0.15, 0.2) is 4.90 Å². The van der Waals surface area contributed by atoms with Crippen LogP contribution in [0.15, 0.2) is 23.1 Å². The third-order valence-electron chi connectivity index (χ3n) is 3.15. The number of sulfonamides is 1. The molecule has 1 aromatic carbocycles.